The first-order valence-corrected chi connectivity index (χ1v) is 8.14. The molecule has 1 aromatic heterocycles. The third-order valence-electron chi connectivity index (χ3n) is 3.42. The quantitative estimate of drug-likeness (QED) is 0.695. The SMILES string of the molecule is CCOC(=O)Cn1c(=NC(C)=O)sc2c3ccccc3ccc21. The molecule has 0 aliphatic carbocycles. The first-order valence-electron chi connectivity index (χ1n) is 7.32. The average Bonchev–Trinajstić information content (AvgIpc) is 2.85. The monoisotopic (exact) mass is 328 g/mol. The molecule has 0 atom stereocenters. The normalized spacial score (nSPS) is 12.0. The third-order valence-corrected chi connectivity index (χ3v) is 4.55. The number of amides is 1. The maximum Gasteiger partial charge on any atom is 0.326 e. The van der Waals surface area contributed by atoms with Gasteiger partial charge >= 0.3 is 5.97 Å². The van der Waals surface area contributed by atoms with Crippen molar-refractivity contribution in [1.82, 2.24) is 4.57 Å². The first-order chi connectivity index (χ1) is 11.1. The van der Waals surface area contributed by atoms with E-state index in [0.717, 1.165) is 21.0 Å². The molecule has 1 amide bonds. The summed E-state index contributed by atoms with van der Waals surface area (Å²) in [5, 5.41) is 2.19. The van der Waals surface area contributed by atoms with Gasteiger partial charge in [0.2, 0.25) is 5.91 Å². The number of hydrogen-bond donors (Lipinski definition) is 0. The lowest BCUT2D eigenvalue weighted by Gasteiger charge is -2.05. The number of esters is 1. The number of benzene rings is 2. The highest BCUT2D eigenvalue weighted by Gasteiger charge is 2.13. The smallest absolute Gasteiger partial charge is 0.326 e. The van der Waals surface area contributed by atoms with E-state index < -0.39 is 0 Å². The van der Waals surface area contributed by atoms with Gasteiger partial charge in [0.05, 0.1) is 16.8 Å². The number of ether oxygens (including phenoxy) is 1. The van der Waals surface area contributed by atoms with Gasteiger partial charge in [0.25, 0.3) is 0 Å². The molecule has 0 N–H and O–H groups in total. The van der Waals surface area contributed by atoms with Crippen LogP contribution in [0.15, 0.2) is 41.4 Å². The lowest BCUT2D eigenvalue weighted by atomic mass is 10.1. The van der Waals surface area contributed by atoms with Crippen molar-refractivity contribution < 1.29 is 14.3 Å². The summed E-state index contributed by atoms with van der Waals surface area (Å²) in [5.74, 6) is -0.635. The summed E-state index contributed by atoms with van der Waals surface area (Å²) in [6.45, 7) is 3.53. The summed E-state index contributed by atoms with van der Waals surface area (Å²) in [5.41, 5.74) is 0.877. The zero-order valence-electron chi connectivity index (χ0n) is 12.9. The van der Waals surface area contributed by atoms with Crippen molar-refractivity contribution in [3.05, 3.63) is 41.2 Å². The van der Waals surface area contributed by atoms with E-state index in [1.807, 2.05) is 36.4 Å². The first kappa shape index (κ1) is 15.4. The van der Waals surface area contributed by atoms with Crippen LogP contribution in [0.3, 0.4) is 0 Å². The fourth-order valence-electron chi connectivity index (χ4n) is 2.51. The molecule has 0 unspecified atom stereocenters. The molecule has 0 aliphatic heterocycles. The minimum absolute atomic E-state index is 0.0400. The molecule has 1 heterocycles. The Labute approximate surface area is 136 Å². The number of carbonyl (C=O) groups excluding carboxylic acids is 2. The van der Waals surface area contributed by atoms with Gasteiger partial charge in [-0.25, -0.2) is 0 Å². The van der Waals surface area contributed by atoms with Crippen LogP contribution < -0.4 is 4.80 Å². The Morgan fingerprint density at radius 3 is 2.74 bits per heavy atom. The molecule has 0 fully saturated rings. The van der Waals surface area contributed by atoms with Crippen molar-refractivity contribution in [3.8, 4) is 0 Å². The Morgan fingerprint density at radius 1 is 1.22 bits per heavy atom. The maximum absolute atomic E-state index is 11.9. The minimum atomic E-state index is -0.342. The highest BCUT2D eigenvalue weighted by atomic mass is 32.1. The molecular weight excluding hydrogens is 312 g/mol. The Hall–Kier alpha value is -2.47. The molecule has 0 aliphatic rings. The van der Waals surface area contributed by atoms with Gasteiger partial charge in [-0.2, -0.15) is 4.99 Å². The number of fused-ring (bicyclic) bond motifs is 3. The molecule has 5 nitrogen and oxygen atoms in total. The number of aromatic nitrogens is 1. The number of thiazole rings is 1. The highest BCUT2D eigenvalue weighted by molar-refractivity contribution is 7.17. The van der Waals surface area contributed by atoms with E-state index in [1.165, 1.54) is 18.3 Å². The number of carbonyl (C=O) groups is 2. The van der Waals surface area contributed by atoms with Gasteiger partial charge < -0.3 is 9.30 Å². The lowest BCUT2D eigenvalue weighted by Crippen LogP contribution is -2.22. The second kappa shape index (κ2) is 6.34. The van der Waals surface area contributed by atoms with Gasteiger partial charge in [-0.1, -0.05) is 41.7 Å². The zero-order chi connectivity index (χ0) is 16.4. The number of rotatable bonds is 3. The van der Waals surface area contributed by atoms with Crippen LogP contribution in [0.5, 0.6) is 0 Å². The summed E-state index contributed by atoms with van der Waals surface area (Å²) in [6.07, 6.45) is 0. The summed E-state index contributed by atoms with van der Waals surface area (Å²) in [7, 11) is 0. The van der Waals surface area contributed by atoms with Gasteiger partial charge in [-0.15, -0.1) is 0 Å². The van der Waals surface area contributed by atoms with Gasteiger partial charge in [-0.05, 0) is 18.4 Å². The molecule has 23 heavy (non-hydrogen) atoms. The van der Waals surface area contributed by atoms with E-state index in [2.05, 4.69) is 4.99 Å². The number of nitrogens with zero attached hydrogens (tertiary/aromatic N) is 2. The standard InChI is InChI=1S/C17H16N2O3S/c1-3-22-15(21)10-19-14-9-8-12-6-4-5-7-13(12)16(14)23-17(19)18-11(2)20/h4-9H,3,10H2,1-2H3. The van der Waals surface area contributed by atoms with Crippen LogP contribution in [-0.2, 0) is 20.9 Å². The molecule has 118 valence electrons. The van der Waals surface area contributed by atoms with Crippen molar-refractivity contribution in [1.29, 1.82) is 0 Å². The number of hydrogen-bond acceptors (Lipinski definition) is 4. The van der Waals surface area contributed by atoms with Gasteiger partial charge in [0.1, 0.15) is 6.54 Å². The predicted octanol–water partition coefficient (Wildman–Crippen LogP) is 2.87. The fraction of sp³-hybridized carbons (Fsp3) is 0.235. The molecule has 3 aromatic rings. The Kier molecular flexibility index (Phi) is 4.25. The largest absolute Gasteiger partial charge is 0.465 e. The van der Waals surface area contributed by atoms with E-state index >= 15 is 0 Å². The third kappa shape index (κ3) is 3.03. The predicted molar refractivity (Wildman–Crippen MR) is 90.2 cm³/mol. The summed E-state index contributed by atoms with van der Waals surface area (Å²) < 4.78 is 7.78. The second-order valence-corrected chi connectivity index (χ2v) is 6.02. The van der Waals surface area contributed by atoms with Crippen LogP contribution in [0.25, 0.3) is 21.0 Å². The van der Waals surface area contributed by atoms with Crippen molar-refractivity contribution in [3.63, 3.8) is 0 Å². The van der Waals surface area contributed by atoms with Crippen molar-refractivity contribution >= 4 is 44.2 Å². The molecule has 2 aromatic carbocycles. The molecule has 0 spiro atoms. The molecule has 0 bridgehead atoms. The van der Waals surface area contributed by atoms with Crippen molar-refractivity contribution in [2.75, 3.05) is 6.61 Å². The van der Waals surface area contributed by atoms with Gasteiger partial charge in [-0.3, -0.25) is 9.59 Å². The van der Waals surface area contributed by atoms with Crippen molar-refractivity contribution in [2.45, 2.75) is 20.4 Å². The fourth-order valence-corrected chi connectivity index (χ4v) is 3.72. The van der Waals surface area contributed by atoms with E-state index in [4.69, 9.17) is 4.74 Å². The Balaban J connectivity index is 2.28. The van der Waals surface area contributed by atoms with Gasteiger partial charge in [0.15, 0.2) is 4.80 Å². The van der Waals surface area contributed by atoms with E-state index in [0.29, 0.717) is 11.4 Å². The van der Waals surface area contributed by atoms with E-state index in [1.54, 1.807) is 11.5 Å². The lowest BCUT2D eigenvalue weighted by molar-refractivity contribution is -0.143. The van der Waals surface area contributed by atoms with Crippen LogP contribution in [0.4, 0.5) is 0 Å². The van der Waals surface area contributed by atoms with Gasteiger partial charge in [0, 0.05) is 12.3 Å². The van der Waals surface area contributed by atoms with Crippen LogP contribution >= 0.6 is 11.3 Å². The van der Waals surface area contributed by atoms with Crippen LogP contribution in [0, 0.1) is 0 Å². The van der Waals surface area contributed by atoms with Crippen LogP contribution in [-0.4, -0.2) is 23.1 Å². The van der Waals surface area contributed by atoms with Crippen molar-refractivity contribution in [2.24, 2.45) is 4.99 Å². The molecule has 0 saturated carbocycles. The van der Waals surface area contributed by atoms with E-state index in [9.17, 15) is 9.59 Å². The highest BCUT2D eigenvalue weighted by Crippen LogP contribution is 2.27. The molecule has 0 saturated heterocycles. The maximum atomic E-state index is 11.9. The second-order valence-electron chi connectivity index (χ2n) is 5.04. The molecule has 3 rings (SSSR count). The molecular formula is C17H16N2O3S. The Morgan fingerprint density at radius 2 is 2.00 bits per heavy atom. The minimum Gasteiger partial charge on any atom is -0.465 e. The molecule has 6 heteroatoms. The average molecular weight is 328 g/mol. The summed E-state index contributed by atoms with van der Waals surface area (Å²) in [4.78, 5) is 27.9. The Bertz CT molecular complexity index is 969. The summed E-state index contributed by atoms with van der Waals surface area (Å²) in [6, 6.07) is 12.0. The van der Waals surface area contributed by atoms with E-state index in [-0.39, 0.29) is 18.4 Å². The van der Waals surface area contributed by atoms with Crippen LogP contribution in [0.2, 0.25) is 0 Å². The van der Waals surface area contributed by atoms with Crippen LogP contribution in [0.1, 0.15) is 13.8 Å². The topological polar surface area (TPSA) is 60.7 Å². The summed E-state index contributed by atoms with van der Waals surface area (Å²) >= 11 is 1.41. The zero-order valence-corrected chi connectivity index (χ0v) is 13.7. The molecule has 0 radical (unpaired) electrons.